The van der Waals surface area contributed by atoms with Gasteiger partial charge in [0.2, 0.25) is 0 Å². The molecule has 0 radical (unpaired) electrons. The SMILES string of the molecule is CN1CCN(CCNc2cnc3ccc(-c4c[nH]nc4-c4cc(Cl)ccc4F)nc3c2)CC1. The fourth-order valence-corrected chi connectivity index (χ4v) is 4.22. The summed E-state index contributed by atoms with van der Waals surface area (Å²) in [5.74, 6) is -0.387. The van der Waals surface area contributed by atoms with Gasteiger partial charge >= 0.3 is 0 Å². The molecule has 4 heterocycles. The highest BCUT2D eigenvalue weighted by molar-refractivity contribution is 6.30. The number of likely N-dealkylation sites (N-methyl/N-ethyl adjacent to an activating group) is 1. The number of hydrogen-bond acceptors (Lipinski definition) is 6. The Balaban J connectivity index is 1.36. The van der Waals surface area contributed by atoms with E-state index in [0.29, 0.717) is 27.5 Å². The van der Waals surface area contributed by atoms with E-state index in [-0.39, 0.29) is 5.82 Å². The van der Waals surface area contributed by atoms with Crippen LogP contribution in [0.15, 0.2) is 48.8 Å². The van der Waals surface area contributed by atoms with E-state index in [1.54, 1.807) is 12.3 Å². The highest BCUT2D eigenvalue weighted by Gasteiger charge is 2.17. The Morgan fingerprint density at radius 3 is 2.76 bits per heavy atom. The largest absolute Gasteiger partial charge is 0.382 e. The van der Waals surface area contributed by atoms with Gasteiger partial charge in [-0.1, -0.05) is 11.6 Å². The van der Waals surface area contributed by atoms with Gasteiger partial charge in [0.1, 0.15) is 11.5 Å². The van der Waals surface area contributed by atoms with E-state index < -0.39 is 0 Å². The normalized spacial score (nSPS) is 15.2. The number of piperazine rings is 1. The van der Waals surface area contributed by atoms with Crippen LogP contribution in [0, 0.1) is 5.82 Å². The van der Waals surface area contributed by atoms with Crippen LogP contribution in [0.5, 0.6) is 0 Å². The van der Waals surface area contributed by atoms with Gasteiger partial charge in [-0.15, -0.1) is 0 Å². The number of halogens is 2. The third-order valence-electron chi connectivity index (χ3n) is 5.99. The molecule has 1 saturated heterocycles. The maximum Gasteiger partial charge on any atom is 0.132 e. The number of benzene rings is 1. The van der Waals surface area contributed by atoms with Gasteiger partial charge in [0.15, 0.2) is 0 Å². The molecule has 0 bridgehead atoms. The van der Waals surface area contributed by atoms with Gasteiger partial charge in [0.25, 0.3) is 0 Å². The molecular weight excluding hydrogens is 441 g/mol. The number of nitrogens with zero attached hydrogens (tertiary/aromatic N) is 5. The Morgan fingerprint density at radius 2 is 1.91 bits per heavy atom. The molecule has 1 aromatic carbocycles. The molecule has 7 nitrogen and oxygen atoms in total. The topological polar surface area (TPSA) is 73.0 Å². The molecule has 170 valence electrons. The van der Waals surface area contributed by atoms with Crippen LogP contribution in [0.2, 0.25) is 5.02 Å². The molecule has 9 heteroatoms. The molecule has 3 aromatic heterocycles. The smallest absolute Gasteiger partial charge is 0.132 e. The fourth-order valence-electron chi connectivity index (χ4n) is 4.05. The summed E-state index contributed by atoms with van der Waals surface area (Å²) in [5, 5.41) is 11.0. The minimum absolute atomic E-state index is 0.332. The quantitative estimate of drug-likeness (QED) is 0.446. The molecule has 0 atom stereocenters. The van der Waals surface area contributed by atoms with E-state index in [1.807, 2.05) is 24.4 Å². The van der Waals surface area contributed by atoms with E-state index in [4.69, 9.17) is 16.6 Å². The van der Waals surface area contributed by atoms with Crippen LogP contribution in [-0.4, -0.2) is 76.3 Å². The second kappa shape index (κ2) is 9.43. The molecule has 1 aliphatic rings. The first kappa shape index (κ1) is 21.8. The molecule has 0 saturated carbocycles. The van der Waals surface area contributed by atoms with Crippen molar-refractivity contribution in [1.82, 2.24) is 30.0 Å². The van der Waals surface area contributed by atoms with Crippen molar-refractivity contribution in [3.8, 4) is 22.5 Å². The van der Waals surface area contributed by atoms with Crippen molar-refractivity contribution in [3.63, 3.8) is 0 Å². The summed E-state index contributed by atoms with van der Waals surface area (Å²) in [4.78, 5) is 14.1. The zero-order valence-corrected chi connectivity index (χ0v) is 19.1. The molecule has 0 unspecified atom stereocenters. The highest BCUT2D eigenvalue weighted by Crippen LogP contribution is 2.33. The minimum Gasteiger partial charge on any atom is -0.382 e. The number of hydrogen-bond donors (Lipinski definition) is 2. The third-order valence-corrected chi connectivity index (χ3v) is 6.23. The van der Waals surface area contributed by atoms with Crippen molar-refractivity contribution in [3.05, 3.63) is 59.6 Å². The molecule has 5 rings (SSSR count). The molecule has 4 aromatic rings. The zero-order chi connectivity index (χ0) is 22.8. The van der Waals surface area contributed by atoms with Crippen molar-refractivity contribution < 1.29 is 4.39 Å². The summed E-state index contributed by atoms with van der Waals surface area (Å²) in [6.45, 7) is 6.25. The first-order valence-electron chi connectivity index (χ1n) is 11.0. The predicted molar refractivity (Wildman–Crippen MR) is 130 cm³/mol. The zero-order valence-electron chi connectivity index (χ0n) is 18.4. The predicted octanol–water partition coefficient (Wildman–Crippen LogP) is 4.14. The third kappa shape index (κ3) is 4.83. The van der Waals surface area contributed by atoms with Gasteiger partial charge < -0.3 is 10.2 Å². The molecule has 33 heavy (non-hydrogen) atoms. The van der Waals surface area contributed by atoms with Crippen LogP contribution in [-0.2, 0) is 0 Å². The number of pyridine rings is 2. The lowest BCUT2D eigenvalue weighted by atomic mass is 10.0. The van der Waals surface area contributed by atoms with Crippen molar-refractivity contribution >= 4 is 28.3 Å². The van der Waals surface area contributed by atoms with Crippen LogP contribution in [0.3, 0.4) is 0 Å². The monoisotopic (exact) mass is 465 g/mol. The first-order valence-corrected chi connectivity index (χ1v) is 11.4. The molecule has 2 N–H and O–H groups in total. The lowest BCUT2D eigenvalue weighted by Crippen LogP contribution is -2.45. The molecule has 0 spiro atoms. The summed E-state index contributed by atoms with van der Waals surface area (Å²) in [7, 11) is 2.16. The minimum atomic E-state index is -0.387. The summed E-state index contributed by atoms with van der Waals surface area (Å²) < 4.78 is 14.4. The Kier molecular flexibility index (Phi) is 6.22. The van der Waals surface area contributed by atoms with Crippen LogP contribution in [0.1, 0.15) is 0 Å². The van der Waals surface area contributed by atoms with E-state index >= 15 is 0 Å². The molecule has 1 fully saturated rings. The maximum absolute atomic E-state index is 14.4. The number of H-pyrrole nitrogens is 1. The lowest BCUT2D eigenvalue weighted by Gasteiger charge is -2.32. The van der Waals surface area contributed by atoms with Gasteiger partial charge in [-0.25, -0.2) is 9.37 Å². The standard InChI is InChI=1S/C24H25ClFN7/c1-32-8-10-33(11-9-32)7-6-27-17-13-23-22(28-14-17)5-4-21(30-23)19-15-29-31-24(19)18-12-16(25)2-3-20(18)26/h2-5,12-15,27H,6-11H2,1H3,(H,29,31). The van der Waals surface area contributed by atoms with Crippen molar-refractivity contribution in [1.29, 1.82) is 0 Å². The second-order valence-corrected chi connectivity index (χ2v) is 8.74. The first-order chi connectivity index (χ1) is 16.1. The Bertz CT molecular complexity index is 1270. The summed E-state index contributed by atoms with van der Waals surface area (Å²) in [6, 6.07) is 10.2. The Labute approximate surface area is 196 Å². The number of nitrogens with one attached hydrogen (secondary N) is 2. The average Bonchev–Trinajstić information content (AvgIpc) is 3.31. The second-order valence-electron chi connectivity index (χ2n) is 8.30. The Morgan fingerprint density at radius 1 is 1.06 bits per heavy atom. The molecule has 1 aliphatic heterocycles. The van der Waals surface area contributed by atoms with Gasteiger partial charge in [0.05, 0.1) is 28.6 Å². The summed E-state index contributed by atoms with van der Waals surface area (Å²) in [5.41, 5.74) is 4.66. The molecule has 0 aliphatic carbocycles. The average molecular weight is 466 g/mol. The fraction of sp³-hybridized carbons (Fsp3) is 0.292. The van der Waals surface area contributed by atoms with Crippen LogP contribution in [0.4, 0.5) is 10.1 Å². The Hall–Kier alpha value is -3.07. The van der Waals surface area contributed by atoms with Crippen molar-refractivity contribution in [2.75, 3.05) is 51.6 Å². The van der Waals surface area contributed by atoms with E-state index in [2.05, 4.69) is 37.3 Å². The number of aromatic nitrogens is 4. The molecule has 0 amide bonds. The van der Waals surface area contributed by atoms with E-state index in [1.165, 1.54) is 12.1 Å². The highest BCUT2D eigenvalue weighted by atomic mass is 35.5. The van der Waals surface area contributed by atoms with Gasteiger partial charge in [-0.2, -0.15) is 5.10 Å². The number of fused-ring (bicyclic) bond motifs is 1. The summed E-state index contributed by atoms with van der Waals surface area (Å²) in [6.07, 6.45) is 3.55. The van der Waals surface area contributed by atoms with Gasteiger partial charge in [-0.3, -0.25) is 15.0 Å². The number of anilines is 1. The van der Waals surface area contributed by atoms with Crippen LogP contribution >= 0.6 is 11.6 Å². The lowest BCUT2D eigenvalue weighted by molar-refractivity contribution is 0.158. The number of aromatic amines is 1. The van der Waals surface area contributed by atoms with Crippen molar-refractivity contribution in [2.45, 2.75) is 0 Å². The van der Waals surface area contributed by atoms with E-state index in [0.717, 1.165) is 56.0 Å². The van der Waals surface area contributed by atoms with E-state index in [9.17, 15) is 4.39 Å². The van der Waals surface area contributed by atoms with Crippen LogP contribution in [0.25, 0.3) is 33.5 Å². The number of rotatable bonds is 6. The van der Waals surface area contributed by atoms with Gasteiger partial charge in [-0.05, 0) is 43.4 Å². The van der Waals surface area contributed by atoms with Gasteiger partial charge in [0, 0.05) is 61.6 Å². The summed E-state index contributed by atoms with van der Waals surface area (Å²) >= 11 is 6.08. The molecular formula is C24H25ClFN7. The maximum atomic E-state index is 14.4. The van der Waals surface area contributed by atoms with Crippen LogP contribution < -0.4 is 5.32 Å². The van der Waals surface area contributed by atoms with Crippen molar-refractivity contribution in [2.24, 2.45) is 0 Å².